The van der Waals surface area contributed by atoms with E-state index >= 15 is 0 Å². The summed E-state index contributed by atoms with van der Waals surface area (Å²) >= 11 is 12.9. The number of halogens is 4. The van der Waals surface area contributed by atoms with E-state index < -0.39 is 11.5 Å². The highest BCUT2D eigenvalue weighted by atomic mass is 35.5. The van der Waals surface area contributed by atoms with E-state index in [1.807, 2.05) is 0 Å². The fourth-order valence-corrected chi connectivity index (χ4v) is 4.47. The third-order valence-corrected chi connectivity index (χ3v) is 5.67. The number of alkyl halides is 2. The van der Waals surface area contributed by atoms with E-state index in [2.05, 4.69) is 0 Å². The summed E-state index contributed by atoms with van der Waals surface area (Å²) in [6.07, 6.45) is 1.90. The van der Waals surface area contributed by atoms with Gasteiger partial charge in [0.1, 0.15) is 0 Å². The van der Waals surface area contributed by atoms with Gasteiger partial charge in [-0.2, -0.15) is 0 Å². The van der Waals surface area contributed by atoms with Crippen molar-refractivity contribution in [2.75, 3.05) is 0 Å². The third kappa shape index (κ3) is 2.69. The number of aliphatic hydroxyl groups is 1. The average Bonchev–Trinajstić information content (AvgIpc) is 2.68. The molecule has 0 amide bonds. The smallest absolute Gasteiger partial charge is 0.248 e. The van der Waals surface area contributed by atoms with Gasteiger partial charge in [-0.1, -0.05) is 23.2 Å². The van der Waals surface area contributed by atoms with E-state index in [1.54, 1.807) is 13.0 Å². The number of benzene rings is 1. The largest absolute Gasteiger partial charge is 0.385 e. The molecular weight excluding hydrogens is 317 g/mol. The molecule has 1 fully saturated rings. The minimum atomic E-state index is -2.56. The highest BCUT2D eigenvalue weighted by molar-refractivity contribution is 6.36. The van der Waals surface area contributed by atoms with Crippen molar-refractivity contribution in [1.82, 2.24) is 0 Å². The van der Waals surface area contributed by atoms with Gasteiger partial charge >= 0.3 is 0 Å². The lowest BCUT2D eigenvalue weighted by molar-refractivity contribution is -0.0382. The first kappa shape index (κ1) is 15.5. The minimum absolute atomic E-state index is 0.0135. The van der Waals surface area contributed by atoms with Gasteiger partial charge in [-0.25, -0.2) is 8.78 Å². The Morgan fingerprint density at radius 2 is 1.81 bits per heavy atom. The first-order valence-corrected chi connectivity index (χ1v) is 8.08. The number of hydrogen-bond acceptors (Lipinski definition) is 1. The number of rotatable bonds is 1. The Labute approximate surface area is 133 Å². The molecule has 0 saturated heterocycles. The van der Waals surface area contributed by atoms with E-state index in [1.165, 1.54) is 0 Å². The van der Waals surface area contributed by atoms with Crippen LogP contribution in [0.2, 0.25) is 10.0 Å². The quantitative estimate of drug-likeness (QED) is 0.724. The number of fused-ring (bicyclic) bond motifs is 1. The molecule has 5 heteroatoms. The van der Waals surface area contributed by atoms with Gasteiger partial charge in [-0.05, 0) is 61.3 Å². The van der Waals surface area contributed by atoms with E-state index in [9.17, 15) is 13.9 Å². The third-order valence-electron chi connectivity index (χ3n) is 4.92. The van der Waals surface area contributed by atoms with Crippen LogP contribution in [0.3, 0.4) is 0 Å². The second-order valence-electron chi connectivity index (χ2n) is 6.52. The van der Waals surface area contributed by atoms with Crippen LogP contribution in [-0.4, -0.2) is 11.0 Å². The summed E-state index contributed by atoms with van der Waals surface area (Å²) in [4.78, 5) is 0. The lowest BCUT2D eigenvalue weighted by atomic mass is 9.81. The van der Waals surface area contributed by atoms with Crippen molar-refractivity contribution in [3.8, 4) is 0 Å². The second-order valence-corrected chi connectivity index (χ2v) is 7.30. The van der Waals surface area contributed by atoms with Gasteiger partial charge in [0, 0.05) is 22.9 Å². The van der Waals surface area contributed by atoms with Crippen molar-refractivity contribution in [3.63, 3.8) is 0 Å². The summed E-state index contributed by atoms with van der Waals surface area (Å²) in [5, 5.41) is 11.4. The molecule has 1 aromatic rings. The van der Waals surface area contributed by atoms with Gasteiger partial charge in [0.25, 0.3) is 0 Å². The molecule has 0 heterocycles. The van der Waals surface area contributed by atoms with Crippen LogP contribution >= 0.6 is 23.2 Å². The van der Waals surface area contributed by atoms with Crippen LogP contribution in [0, 0.1) is 0 Å². The van der Waals surface area contributed by atoms with Crippen molar-refractivity contribution in [2.24, 2.45) is 0 Å². The molecule has 3 rings (SSSR count). The summed E-state index contributed by atoms with van der Waals surface area (Å²) in [6, 6.07) is 1.78. The highest BCUT2D eigenvalue weighted by Crippen LogP contribution is 2.49. The summed E-state index contributed by atoms with van der Waals surface area (Å²) in [5.74, 6) is -2.57. The zero-order valence-electron chi connectivity index (χ0n) is 11.9. The second kappa shape index (κ2) is 5.07. The maximum Gasteiger partial charge on any atom is 0.248 e. The molecule has 0 bridgehead atoms. The molecule has 0 spiro atoms. The minimum Gasteiger partial charge on any atom is -0.385 e. The van der Waals surface area contributed by atoms with E-state index in [0.717, 1.165) is 16.7 Å². The molecule has 1 atom stereocenters. The van der Waals surface area contributed by atoms with E-state index in [0.29, 0.717) is 35.7 Å². The molecule has 0 aromatic heterocycles. The van der Waals surface area contributed by atoms with Crippen LogP contribution in [0.25, 0.3) is 0 Å². The Morgan fingerprint density at radius 1 is 1.19 bits per heavy atom. The van der Waals surface area contributed by atoms with Gasteiger partial charge in [0.2, 0.25) is 5.92 Å². The number of hydrogen-bond donors (Lipinski definition) is 1. The van der Waals surface area contributed by atoms with Crippen LogP contribution in [0.1, 0.15) is 61.6 Å². The van der Waals surface area contributed by atoms with Gasteiger partial charge < -0.3 is 5.11 Å². The van der Waals surface area contributed by atoms with Crippen molar-refractivity contribution < 1.29 is 13.9 Å². The Balaban J connectivity index is 1.98. The van der Waals surface area contributed by atoms with Crippen molar-refractivity contribution in [2.45, 2.75) is 62.9 Å². The van der Waals surface area contributed by atoms with Crippen LogP contribution in [-0.2, 0) is 12.0 Å². The van der Waals surface area contributed by atoms with Crippen molar-refractivity contribution in [3.05, 3.63) is 32.8 Å². The average molecular weight is 335 g/mol. The topological polar surface area (TPSA) is 20.2 Å². The molecule has 1 saturated carbocycles. The Hall–Kier alpha value is -0.380. The van der Waals surface area contributed by atoms with Crippen LogP contribution in [0.5, 0.6) is 0 Å². The van der Waals surface area contributed by atoms with E-state index in [4.69, 9.17) is 23.2 Å². The zero-order valence-corrected chi connectivity index (χ0v) is 13.4. The standard InChI is InChI=1S/C16H18Cl2F2O/c1-15(21)5-4-10-11(15)8-12(17)13(14(10)18)9-2-6-16(19,20)7-3-9/h8-9,21H,2-7H2,1H3. The summed E-state index contributed by atoms with van der Waals surface area (Å²) < 4.78 is 26.6. The summed E-state index contributed by atoms with van der Waals surface area (Å²) in [5.41, 5.74) is 1.60. The fraction of sp³-hybridized carbons (Fsp3) is 0.625. The predicted octanol–water partition coefficient (Wildman–Crippen LogP) is 5.44. The van der Waals surface area contributed by atoms with Crippen LogP contribution in [0.4, 0.5) is 8.78 Å². The van der Waals surface area contributed by atoms with Gasteiger partial charge in [0.05, 0.1) is 5.60 Å². The van der Waals surface area contributed by atoms with Crippen molar-refractivity contribution >= 4 is 23.2 Å². The van der Waals surface area contributed by atoms with E-state index in [-0.39, 0.29) is 18.8 Å². The lowest BCUT2D eigenvalue weighted by Gasteiger charge is -2.30. The lowest BCUT2D eigenvalue weighted by Crippen LogP contribution is -2.24. The molecule has 1 N–H and O–H groups in total. The first-order valence-electron chi connectivity index (χ1n) is 7.33. The highest BCUT2D eigenvalue weighted by Gasteiger charge is 2.39. The molecular formula is C16H18Cl2F2O. The maximum atomic E-state index is 13.3. The van der Waals surface area contributed by atoms with Gasteiger partial charge in [-0.3, -0.25) is 0 Å². The van der Waals surface area contributed by atoms with Gasteiger partial charge in [0.15, 0.2) is 0 Å². The molecule has 21 heavy (non-hydrogen) atoms. The normalized spacial score (nSPS) is 28.7. The molecule has 1 aromatic carbocycles. The molecule has 116 valence electrons. The zero-order chi connectivity index (χ0) is 15.4. The maximum absolute atomic E-state index is 13.3. The first-order chi connectivity index (χ1) is 9.71. The Morgan fingerprint density at radius 3 is 2.43 bits per heavy atom. The Bertz CT molecular complexity index is 574. The molecule has 2 aliphatic carbocycles. The monoisotopic (exact) mass is 334 g/mol. The van der Waals surface area contributed by atoms with Gasteiger partial charge in [-0.15, -0.1) is 0 Å². The predicted molar refractivity (Wildman–Crippen MR) is 80.5 cm³/mol. The van der Waals surface area contributed by atoms with Crippen molar-refractivity contribution in [1.29, 1.82) is 0 Å². The molecule has 0 radical (unpaired) electrons. The molecule has 2 aliphatic rings. The summed E-state index contributed by atoms with van der Waals surface area (Å²) in [6.45, 7) is 1.76. The Kier molecular flexibility index (Phi) is 3.75. The van der Waals surface area contributed by atoms with Crippen LogP contribution in [0.15, 0.2) is 6.07 Å². The molecule has 1 nitrogen and oxygen atoms in total. The molecule has 0 aliphatic heterocycles. The molecule has 1 unspecified atom stereocenters. The SMILES string of the molecule is CC1(O)CCc2c1cc(Cl)c(C1CCC(F)(F)CC1)c2Cl. The fourth-order valence-electron chi connectivity index (χ4n) is 3.61. The summed E-state index contributed by atoms with van der Waals surface area (Å²) in [7, 11) is 0. The van der Waals surface area contributed by atoms with Crippen LogP contribution < -0.4 is 0 Å².